The molecule has 0 aliphatic carbocycles. The van der Waals surface area contributed by atoms with Crippen molar-refractivity contribution in [1.82, 2.24) is 4.31 Å². The smallest absolute Gasteiger partial charge is 0.243 e. The third-order valence-corrected chi connectivity index (χ3v) is 5.48. The molecule has 0 saturated carbocycles. The van der Waals surface area contributed by atoms with Crippen LogP contribution in [0.1, 0.15) is 5.56 Å². The number of halogens is 1. The Balaban J connectivity index is 2.34. The minimum absolute atomic E-state index is 0.118. The molecule has 0 spiro atoms. The van der Waals surface area contributed by atoms with Crippen LogP contribution in [0.5, 0.6) is 5.75 Å². The summed E-state index contributed by atoms with van der Waals surface area (Å²) in [6, 6.07) is 13.8. The zero-order valence-corrected chi connectivity index (χ0v) is 14.3. The first kappa shape index (κ1) is 17.7. The summed E-state index contributed by atoms with van der Waals surface area (Å²) in [5.41, 5.74) is 6.47. The van der Waals surface area contributed by atoms with Gasteiger partial charge in [0.15, 0.2) is 0 Å². The number of methoxy groups -OCH3 is 1. The molecule has 124 valence electrons. The van der Waals surface area contributed by atoms with Gasteiger partial charge in [0.25, 0.3) is 0 Å². The molecule has 2 N–H and O–H groups in total. The average molecular weight is 355 g/mol. The predicted molar refractivity (Wildman–Crippen MR) is 91.1 cm³/mol. The maximum atomic E-state index is 12.8. The molecule has 0 unspecified atom stereocenters. The maximum Gasteiger partial charge on any atom is 0.243 e. The largest absolute Gasteiger partial charge is 0.495 e. The number of hydrogen-bond donors (Lipinski definition) is 1. The van der Waals surface area contributed by atoms with E-state index < -0.39 is 10.0 Å². The van der Waals surface area contributed by atoms with Crippen LogP contribution in [0.4, 0.5) is 0 Å². The molecule has 0 radical (unpaired) electrons. The number of rotatable bonds is 7. The average Bonchev–Trinajstić information content (AvgIpc) is 2.55. The van der Waals surface area contributed by atoms with Crippen LogP contribution in [0.2, 0.25) is 5.02 Å². The highest BCUT2D eigenvalue weighted by Gasteiger charge is 2.25. The predicted octanol–water partition coefficient (Wildman–Crippen LogP) is 2.50. The first-order valence-corrected chi connectivity index (χ1v) is 8.88. The van der Waals surface area contributed by atoms with Crippen molar-refractivity contribution in [3.63, 3.8) is 0 Å². The topological polar surface area (TPSA) is 72.6 Å². The Labute approximate surface area is 141 Å². The second kappa shape index (κ2) is 7.79. The van der Waals surface area contributed by atoms with Crippen LogP contribution < -0.4 is 10.5 Å². The molecule has 0 amide bonds. The van der Waals surface area contributed by atoms with Crippen molar-refractivity contribution in [2.45, 2.75) is 11.4 Å². The Morgan fingerprint density at radius 1 is 1.17 bits per heavy atom. The molecule has 7 heteroatoms. The van der Waals surface area contributed by atoms with Crippen LogP contribution in [0.15, 0.2) is 53.4 Å². The maximum absolute atomic E-state index is 12.8. The molecule has 0 heterocycles. The summed E-state index contributed by atoms with van der Waals surface area (Å²) in [4.78, 5) is 0.118. The van der Waals surface area contributed by atoms with Crippen LogP contribution in [0.3, 0.4) is 0 Å². The quantitative estimate of drug-likeness (QED) is 0.829. The lowest BCUT2D eigenvalue weighted by Crippen LogP contribution is -2.34. The van der Waals surface area contributed by atoms with Gasteiger partial charge < -0.3 is 10.5 Å². The summed E-state index contributed by atoms with van der Waals surface area (Å²) < 4.78 is 32.1. The third kappa shape index (κ3) is 4.23. The molecule has 5 nitrogen and oxygen atoms in total. The molecule has 2 aromatic carbocycles. The summed E-state index contributed by atoms with van der Waals surface area (Å²) in [5, 5.41) is 0.251. The van der Waals surface area contributed by atoms with Crippen molar-refractivity contribution in [3.8, 4) is 5.75 Å². The molecule has 0 bridgehead atoms. The molecule has 0 saturated heterocycles. The van der Waals surface area contributed by atoms with Crippen molar-refractivity contribution in [2.24, 2.45) is 5.73 Å². The molecular weight excluding hydrogens is 336 g/mol. The molecule has 2 rings (SSSR count). The van der Waals surface area contributed by atoms with E-state index >= 15 is 0 Å². The van der Waals surface area contributed by atoms with Crippen LogP contribution in [-0.4, -0.2) is 32.9 Å². The van der Waals surface area contributed by atoms with Gasteiger partial charge in [0.1, 0.15) is 5.75 Å². The number of sulfonamides is 1. The first-order chi connectivity index (χ1) is 11.0. The van der Waals surface area contributed by atoms with E-state index in [2.05, 4.69) is 0 Å². The van der Waals surface area contributed by atoms with Crippen LogP contribution in [0.25, 0.3) is 0 Å². The lowest BCUT2D eigenvalue weighted by Gasteiger charge is -2.22. The molecule has 2 aromatic rings. The number of ether oxygens (including phenoxy) is 1. The third-order valence-electron chi connectivity index (χ3n) is 3.34. The molecular formula is C16H19ClN2O3S. The summed E-state index contributed by atoms with van der Waals surface area (Å²) in [7, 11) is -2.22. The summed E-state index contributed by atoms with van der Waals surface area (Å²) in [6.45, 7) is 0.709. The van der Waals surface area contributed by atoms with Crippen molar-refractivity contribution in [1.29, 1.82) is 0 Å². The monoisotopic (exact) mass is 354 g/mol. The zero-order chi connectivity index (χ0) is 16.9. The zero-order valence-electron chi connectivity index (χ0n) is 12.8. The van der Waals surface area contributed by atoms with E-state index in [-0.39, 0.29) is 29.6 Å². The van der Waals surface area contributed by atoms with E-state index in [1.54, 1.807) is 6.07 Å². The van der Waals surface area contributed by atoms with E-state index in [0.717, 1.165) is 5.56 Å². The SMILES string of the molecule is COc1ccc(S(=O)(=O)N(CCN)Cc2ccccc2)cc1Cl. The van der Waals surface area contributed by atoms with Gasteiger partial charge in [-0.3, -0.25) is 0 Å². The van der Waals surface area contributed by atoms with Crippen molar-refractivity contribution in [2.75, 3.05) is 20.2 Å². The van der Waals surface area contributed by atoms with Gasteiger partial charge in [-0.25, -0.2) is 8.42 Å². The van der Waals surface area contributed by atoms with Crippen molar-refractivity contribution in [3.05, 3.63) is 59.1 Å². The highest BCUT2D eigenvalue weighted by atomic mass is 35.5. The molecule has 0 aromatic heterocycles. The van der Waals surface area contributed by atoms with Crippen LogP contribution in [0, 0.1) is 0 Å². The fourth-order valence-corrected chi connectivity index (χ4v) is 3.96. The molecule has 0 aliphatic heterocycles. The van der Waals surface area contributed by atoms with E-state index in [1.165, 1.54) is 23.5 Å². The summed E-state index contributed by atoms with van der Waals surface area (Å²) in [6.07, 6.45) is 0. The minimum atomic E-state index is -3.70. The number of hydrogen-bond acceptors (Lipinski definition) is 4. The Kier molecular flexibility index (Phi) is 6.01. The number of benzene rings is 2. The molecule has 0 atom stereocenters. The lowest BCUT2D eigenvalue weighted by molar-refractivity contribution is 0.410. The van der Waals surface area contributed by atoms with Gasteiger partial charge >= 0.3 is 0 Å². The highest BCUT2D eigenvalue weighted by molar-refractivity contribution is 7.89. The van der Waals surface area contributed by atoms with Gasteiger partial charge in [0, 0.05) is 19.6 Å². The van der Waals surface area contributed by atoms with Gasteiger partial charge in [-0.2, -0.15) is 4.31 Å². The molecule has 0 aliphatic rings. The molecule has 23 heavy (non-hydrogen) atoms. The van der Waals surface area contributed by atoms with Crippen molar-refractivity contribution < 1.29 is 13.2 Å². The lowest BCUT2D eigenvalue weighted by atomic mass is 10.2. The van der Waals surface area contributed by atoms with E-state index in [4.69, 9.17) is 22.1 Å². The summed E-state index contributed by atoms with van der Waals surface area (Å²) in [5.74, 6) is 0.430. The van der Waals surface area contributed by atoms with Gasteiger partial charge in [0.2, 0.25) is 10.0 Å². The second-order valence-corrected chi connectivity index (χ2v) is 7.25. The van der Waals surface area contributed by atoms with Crippen LogP contribution in [-0.2, 0) is 16.6 Å². The van der Waals surface area contributed by atoms with E-state index in [1.807, 2.05) is 30.3 Å². The number of nitrogens with zero attached hydrogens (tertiary/aromatic N) is 1. The Morgan fingerprint density at radius 2 is 1.87 bits per heavy atom. The van der Waals surface area contributed by atoms with E-state index in [0.29, 0.717) is 5.75 Å². The highest BCUT2D eigenvalue weighted by Crippen LogP contribution is 2.28. The Bertz CT molecular complexity index is 751. The van der Waals surface area contributed by atoms with E-state index in [9.17, 15) is 8.42 Å². The van der Waals surface area contributed by atoms with Gasteiger partial charge in [-0.05, 0) is 23.8 Å². The fourth-order valence-electron chi connectivity index (χ4n) is 2.17. The normalized spacial score (nSPS) is 11.7. The second-order valence-electron chi connectivity index (χ2n) is 4.91. The Hall–Kier alpha value is -1.60. The first-order valence-electron chi connectivity index (χ1n) is 7.06. The summed E-state index contributed by atoms with van der Waals surface area (Å²) >= 11 is 6.04. The van der Waals surface area contributed by atoms with Gasteiger partial charge in [-0.1, -0.05) is 41.9 Å². The van der Waals surface area contributed by atoms with Crippen LogP contribution >= 0.6 is 11.6 Å². The van der Waals surface area contributed by atoms with Crippen molar-refractivity contribution >= 4 is 21.6 Å². The minimum Gasteiger partial charge on any atom is -0.495 e. The fraction of sp³-hybridized carbons (Fsp3) is 0.250. The Morgan fingerprint density at radius 3 is 2.43 bits per heavy atom. The molecule has 0 fully saturated rings. The van der Waals surface area contributed by atoms with Gasteiger partial charge in [0.05, 0.1) is 17.0 Å². The standard InChI is InChI=1S/C16H19ClN2O3S/c1-22-16-8-7-14(11-15(16)17)23(20,21)19(10-9-18)12-13-5-3-2-4-6-13/h2-8,11H,9-10,12,18H2,1H3. The van der Waals surface area contributed by atoms with Gasteiger partial charge in [-0.15, -0.1) is 0 Å². The number of nitrogens with two attached hydrogens (primary N) is 1.